The second kappa shape index (κ2) is 6.88. The number of rotatable bonds is 5. The summed E-state index contributed by atoms with van der Waals surface area (Å²) in [5.41, 5.74) is 1.08. The monoisotopic (exact) mass is 418 g/mol. The first-order valence-corrected chi connectivity index (χ1v) is 8.82. The molecular weight excluding hydrogens is 408 g/mol. The van der Waals surface area contributed by atoms with Crippen LogP contribution in [0.2, 0.25) is 0 Å². The van der Waals surface area contributed by atoms with Crippen molar-refractivity contribution < 1.29 is 18.7 Å². The molecule has 0 atom stereocenters. The van der Waals surface area contributed by atoms with Crippen LogP contribution in [0, 0.1) is 20.2 Å². The molecule has 4 aromatic heterocycles. The molecule has 0 bridgehead atoms. The van der Waals surface area contributed by atoms with E-state index >= 15 is 0 Å². The summed E-state index contributed by atoms with van der Waals surface area (Å²) in [4.78, 5) is 29.4. The van der Waals surface area contributed by atoms with Crippen LogP contribution in [0.25, 0.3) is 34.7 Å². The number of benzene rings is 1. The molecule has 0 amide bonds. The highest BCUT2D eigenvalue weighted by molar-refractivity contribution is 5.65. The largest absolute Gasteiger partial charge is 0.433 e. The standard InChI is InChI=1S/C19H10N6O6/c26-24(27)15-8-6-12(30-15)10-13-19-21-17(14-7-9-16(31-14)25(28)29)22-23(19)18(20-13)11-4-2-1-3-5-11/h1-10H/b13-10-. The third kappa shape index (κ3) is 3.17. The second-order valence-corrected chi connectivity index (χ2v) is 6.33. The Morgan fingerprint density at radius 2 is 1.58 bits per heavy atom. The molecule has 0 fully saturated rings. The zero-order chi connectivity index (χ0) is 21.5. The van der Waals surface area contributed by atoms with E-state index in [0.29, 0.717) is 16.8 Å². The minimum Gasteiger partial charge on any atom is -0.401 e. The van der Waals surface area contributed by atoms with Gasteiger partial charge < -0.3 is 8.83 Å². The van der Waals surface area contributed by atoms with Gasteiger partial charge in [0.15, 0.2) is 17.2 Å². The predicted molar refractivity (Wildman–Crippen MR) is 105 cm³/mol. The first-order chi connectivity index (χ1) is 15.0. The third-order valence-electron chi connectivity index (χ3n) is 4.36. The van der Waals surface area contributed by atoms with Crippen LogP contribution in [-0.2, 0) is 0 Å². The van der Waals surface area contributed by atoms with Crippen LogP contribution < -0.4 is 5.35 Å². The van der Waals surface area contributed by atoms with Gasteiger partial charge >= 0.3 is 11.8 Å². The highest BCUT2D eigenvalue weighted by Gasteiger charge is 2.20. The van der Waals surface area contributed by atoms with E-state index in [4.69, 9.17) is 8.83 Å². The molecule has 0 aliphatic rings. The maximum atomic E-state index is 10.9. The summed E-state index contributed by atoms with van der Waals surface area (Å²) in [7, 11) is 0. The van der Waals surface area contributed by atoms with Gasteiger partial charge in [0.25, 0.3) is 0 Å². The second-order valence-electron chi connectivity index (χ2n) is 6.33. The molecule has 12 heteroatoms. The molecular formula is C19H10N6O6. The Bertz CT molecular complexity index is 1500. The molecule has 0 saturated heterocycles. The number of fused-ring (bicyclic) bond motifs is 1. The number of hydrogen-bond acceptors (Lipinski definition) is 9. The molecule has 0 saturated carbocycles. The van der Waals surface area contributed by atoms with E-state index in [1.807, 2.05) is 30.3 Å². The highest BCUT2D eigenvalue weighted by Crippen LogP contribution is 2.25. The molecule has 0 aliphatic carbocycles. The summed E-state index contributed by atoms with van der Waals surface area (Å²) >= 11 is 0. The van der Waals surface area contributed by atoms with Crippen molar-refractivity contribution in [3.05, 3.63) is 85.9 Å². The van der Waals surface area contributed by atoms with Gasteiger partial charge in [-0.25, -0.2) is 9.97 Å². The maximum absolute atomic E-state index is 10.9. The summed E-state index contributed by atoms with van der Waals surface area (Å²) in [6, 6.07) is 14.5. The summed E-state index contributed by atoms with van der Waals surface area (Å²) in [6.07, 6.45) is 1.50. The summed E-state index contributed by atoms with van der Waals surface area (Å²) in [5.74, 6) is 0.0895. The molecule has 31 heavy (non-hydrogen) atoms. The molecule has 0 spiro atoms. The SMILES string of the molecule is O=[N+]([O-])c1ccc(/C=c2\nc(-c3ccccc3)n3nc(-c4ccc([N+](=O)[O-])o4)nc23)o1. The lowest BCUT2D eigenvalue weighted by Crippen LogP contribution is -2.03. The minimum atomic E-state index is -0.654. The molecule has 5 rings (SSSR count). The quantitative estimate of drug-likeness (QED) is 0.309. The van der Waals surface area contributed by atoms with Gasteiger partial charge in [-0.15, -0.1) is 5.10 Å². The van der Waals surface area contributed by atoms with E-state index in [9.17, 15) is 20.2 Å². The fourth-order valence-corrected chi connectivity index (χ4v) is 3.01. The summed E-state index contributed by atoms with van der Waals surface area (Å²) in [5, 5.41) is 26.5. The molecule has 0 radical (unpaired) electrons. The smallest absolute Gasteiger partial charge is 0.401 e. The van der Waals surface area contributed by atoms with Crippen molar-refractivity contribution in [1.29, 1.82) is 0 Å². The van der Waals surface area contributed by atoms with Crippen molar-refractivity contribution in [3.8, 4) is 23.0 Å². The van der Waals surface area contributed by atoms with Gasteiger partial charge in [0.05, 0.1) is 12.1 Å². The summed E-state index contributed by atoms with van der Waals surface area (Å²) < 4.78 is 11.9. The molecule has 0 N–H and O–H groups in total. The van der Waals surface area contributed by atoms with Crippen molar-refractivity contribution in [2.45, 2.75) is 0 Å². The molecule has 5 aromatic rings. The predicted octanol–water partition coefficient (Wildman–Crippen LogP) is 3.01. The number of nitro groups is 2. The number of nitrogens with zero attached hydrogens (tertiary/aromatic N) is 6. The van der Waals surface area contributed by atoms with Crippen molar-refractivity contribution in [2.24, 2.45) is 0 Å². The fraction of sp³-hybridized carbons (Fsp3) is 0. The van der Waals surface area contributed by atoms with E-state index in [1.54, 1.807) is 0 Å². The van der Waals surface area contributed by atoms with Gasteiger partial charge in [-0.2, -0.15) is 4.52 Å². The number of imidazole rings is 1. The van der Waals surface area contributed by atoms with Gasteiger partial charge in [-0.3, -0.25) is 20.2 Å². The Morgan fingerprint density at radius 3 is 2.26 bits per heavy atom. The molecule has 0 unspecified atom stereocenters. The van der Waals surface area contributed by atoms with E-state index in [2.05, 4.69) is 15.1 Å². The first kappa shape index (κ1) is 18.2. The molecule has 152 valence electrons. The van der Waals surface area contributed by atoms with Crippen LogP contribution in [0.1, 0.15) is 5.76 Å². The lowest BCUT2D eigenvalue weighted by molar-refractivity contribution is -0.402. The van der Waals surface area contributed by atoms with E-state index in [-0.39, 0.29) is 17.3 Å². The fourth-order valence-electron chi connectivity index (χ4n) is 3.01. The van der Waals surface area contributed by atoms with Gasteiger partial charge in [-0.1, -0.05) is 30.3 Å². The average Bonchev–Trinajstić information content (AvgIpc) is 3.53. The Morgan fingerprint density at radius 1 is 0.871 bits per heavy atom. The van der Waals surface area contributed by atoms with Crippen LogP contribution in [0.15, 0.2) is 63.4 Å². The average molecular weight is 418 g/mol. The lowest BCUT2D eigenvalue weighted by Gasteiger charge is -1.96. The van der Waals surface area contributed by atoms with Crippen LogP contribution >= 0.6 is 0 Å². The topological polar surface area (TPSA) is 156 Å². The molecule has 1 aromatic carbocycles. The minimum absolute atomic E-state index is 0.119. The van der Waals surface area contributed by atoms with Gasteiger partial charge in [0.1, 0.15) is 21.0 Å². The van der Waals surface area contributed by atoms with Gasteiger partial charge in [0.2, 0.25) is 5.82 Å². The third-order valence-corrected chi connectivity index (χ3v) is 4.36. The van der Waals surface area contributed by atoms with E-state index in [0.717, 1.165) is 5.56 Å². The lowest BCUT2D eigenvalue weighted by atomic mass is 10.2. The molecule has 4 heterocycles. The molecule has 0 aliphatic heterocycles. The van der Waals surface area contributed by atoms with Crippen LogP contribution in [0.5, 0.6) is 0 Å². The van der Waals surface area contributed by atoms with Crippen molar-refractivity contribution in [3.63, 3.8) is 0 Å². The van der Waals surface area contributed by atoms with E-state index < -0.39 is 21.6 Å². The van der Waals surface area contributed by atoms with Crippen LogP contribution in [0.3, 0.4) is 0 Å². The van der Waals surface area contributed by atoms with Crippen molar-refractivity contribution in [1.82, 2.24) is 19.6 Å². The number of aromatic nitrogens is 4. The zero-order valence-electron chi connectivity index (χ0n) is 15.4. The zero-order valence-corrected chi connectivity index (χ0v) is 15.4. The van der Waals surface area contributed by atoms with Gasteiger partial charge in [-0.05, 0) is 12.1 Å². The number of hydrogen-bond donors (Lipinski definition) is 0. The van der Waals surface area contributed by atoms with Crippen LogP contribution in [0.4, 0.5) is 11.8 Å². The first-order valence-electron chi connectivity index (χ1n) is 8.82. The number of furan rings is 2. The van der Waals surface area contributed by atoms with Crippen molar-refractivity contribution in [2.75, 3.05) is 0 Å². The summed E-state index contributed by atoms with van der Waals surface area (Å²) in [6.45, 7) is 0. The Balaban J connectivity index is 1.70. The Hall–Kier alpha value is -4.87. The normalized spacial score (nSPS) is 11.9. The van der Waals surface area contributed by atoms with E-state index in [1.165, 1.54) is 34.9 Å². The van der Waals surface area contributed by atoms with Crippen molar-refractivity contribution >= 4 is 23.5 Å². The molecule has 12 nitrogen and oxygen atoms in total. The maximum Gasteiger partial charge on any atom is 0.433 e. The highest BCUT2D eigenvalue weighted by atomic mass is 16.7. The Labute approximate surface area is 171 Å². The van der Waals surface area contributed by atoms with Gasteiger partial charge in [0, 0.05) is 11.6 Å². The Kier molecular flexibility index (Phi) is 4.03. The van der Waals surface area contributed by atoms with Crippen LogP contribution in [-0.4, -0.2) is 29.4 Å².